The zero-order valence-corrected chi connectivity index (χ0v) is 13.5. The van der Waals surface area contributed by atoms with Crippen LogP contribution in [-0.2, 0) is 4.79 Å². The molecule has 4 nitrogen and oxygen atoms in total. The quantitative estimate of drug-likeness (QED) is 0.871. The topological polar surface area (TPSA) is 47.3 Å². The number of anilines is 1. The molecule has 2 rings (SSSR count). The first kappa shape index (κ1) is 15.8. The lowest BCUT2D eigenvalue weighted by Crippen LogP contribution is -2.47. The number of fused-ring (bicyclic) bond motifs is 1. The van der Waals surface area contributed by atoms with Crippen LogP contribution < -0.4 is 4.90 Å². The third-order valence-corrected chi connectivity index (χ3v) is 4.03. The van der Waals surface area contributed by atoms with E-state index in [1.807, 2.05) is 30.1 Å². The van der Waals surface area contributed by atoms with Crippen molar-refractivity contribution >= 4 is 22.4 Å². The summed E-state index contributed by atoms with van der Waals surface area (Å²) >= 11 is 0. The fourth-order valence-corrected chi connectivity index (χ4v) is 2.20. The zero-order chi connectivity index (χ0) is 16.3. The highest BCUT2D eigenvalue weighted by Gasteiger charge is 2.27. The van der Waals surface area contributed by atoms with Crippen molar-refractivity contribution in [2.75, 3.05) is 25.5 Å². The number of hydrogen-bond donors (Lipinski definition) is 0. The number of carbonyl (C=O) groups excluding carboxylic acids is 1. The molecule has 0 spiro atoms. The first-order chi connectivity index (χ1) is 10.3. The number of carbonyl (C=O) groups is 1. The molecule has 1 amide bonds. The summed E-state index contributed by atoms with van der Waals surface area (Å²) in [5.74, 6) is -0.0813. The second-order valence-electron chi connectivity index (χ2n) is 6.01. The molecule has 0 fully saturated rings. The van der Waals surface area contributed by atoms with E-state index in [1.54, 1.807) is 20.9 Å². The van der Waals surface area contributed by atoms with Crippen molar-refractivity contribution in [1.82, 2.24) is 4.90 Å². The summed E-state index contributed by atoms with van der Waals surface area (Å²) in [4.78, 5) is 15.7. The van der Waals surface area contributed by atoms with Gasteiger partial charge in [-0.1, -0.05) is 30.3 Å². The molecule has 0 radical (unpaired) electrons. The van der Waals surface area contributed by atoms with Gasteiger partial charge >= 0.3 is 0 Å². The lowest BCUT2D eigenvalue weighted by molar-refractivity contribution is -0.131. The second kappa shape index (κ2) is 6.07. The van der Waals surface area contributed by atoms with Gasteiger partial charge in [-0.15, -0.1) is 0 Å². The third-order valence-electron chi connectivity index (χ3n) is 4.03. The van der Waals surface area contributed by atoms with Crippen LogP contribution in [0.25, 0.3) is 10.8 Å². The first-order valence-corrected chi connectivity index (χ1v) is 7.23. The Kier molecular flexibility index (Phi) is 4.37. The number of rotatable bonds is 4. The van der Waals surface area contributed by atoms with E-state index in [2.05, 4.69) is 30.3 Å². The maximum atomic E-state index is 12.3. The smallest absolute Gasteiger partial charge is 0.243 e. The van der Waals surface area contributed by atoms with Crippen LogP contribution in [0.5, 0.6) is 0 Å². The fraction of sp³-hybridized carbons (Fsp3) is 0.333. The largest absolute Gasteiger partial charge is 0.365 e. The SMILES string of the molecule is CN(CC(=O)N(C)C(C)(C)C#N)c1ccc2ccccc2c1. The van der Waals surface area contributed by atoms with Crippen LogP contribution in [0.3, 0.4) is 0 Å². The van der Waals surface area contributed by atoms with Gasteiger partial charge < -0.3 is 9.80 Å². The Labute approximate surface area is 131 Å². The summed E-state index contributed by atoms with van der Waals surface area (Å²) < 4.78 is 0. The van der Waals surface area contributed by atoms with Gasteiger partial charge in [-0.25, -0.2) is 0 Å². The van der Waals surface area contributed by atoms with Crippen LogP contribution in [0.4, 0.5) is 5.69 Å². The van der Waals surface area contributed by atoms with Crippen molar-refractivity contribution < 1.29 is 4.79 Å². The van der Waals surface area contributed by atoms with Gasteiger partial charge in [-0.2, -0.15) is 5.26 Å². The minimum absolute atomic E-state index is 0.0813. The minimum Gasteiger partial charge on any atom is -0.365 e. The molecule has 22 heavy (non-hydrogen) atoms. The van der Waals surface area contributed by atoms with Crippen LogP contribution in [-0.4, -0.2) is 37.0 Å². The Morgan fingerprint density at radius 2 is 1.77 bits per heavy atom. The Morgan fingerprint density at radius 1 is 1.14 bits per heavy atom. The third kappa shape index (κ3) is 3.20. The number of hydrogen-bond acceptors (Lipinski definition) is 3. The van der Waals surface area contributed by atoms with E-state index >= 15 is 0 Å². The van der Waals surface area contributed by atoms with E-state index in [0.717, 1.165) is 11.1 Å². The number of amides is 1. The van der Waals surface area contributed by atoms with Crippen LogP contribution in [0, 0.1) is 11.3 Å². The summed E-state index contributed by atoms with van der Waals surface area (Å²) in [7, 11) is 3.55. The van der Waals surface area contributed by atoms with E-state index in [0.29, 0.717) is 0 Å². The maximum Gasteiger partial charge on any atom is 0.243 e. The molecule has 0 aliphatic rings. The molecule has 0 heterocycles. The van der Waals surface area contributed by atoms with Gasteiger partial charge in [0, 0.05) is 19.8 Å². The van der Waals surface area contributed by atoms with Gasteiger partial charge in [0.1, 0.15) is 5.54 Å². The van der Waals surface area contributed by atoms with Crippen LogP contribution >= 0.6 is 0 Å². The molecule has 0 aromatic heterocycles. The molecule has 0 atom stereocenters. The highest BCUT2D eigenvalue weighted by Crippen LogP contribution is 2.21. The molecule has 0 saturated carbocycles. The van der Waals surface area contributed by atoms with Crippen molar-refractivity contribution in [3.8, 4) is 6.07 Å². The maximum absolute atomic E-state index is 12.3. The molecule has 0 aliphatic heterocycles. The average molecular weight is 295 g/mol. The van der Waals surface area contributed by atoms with Crippen molar-refractivity contribution in [2.24, 2.45) is 0 Å². The fourth-order valence-electron chi connectivity index (χ4n) is 2.20. The molecular weight excluding hydrogens is 274 g/mol. The normalized spacial score (nSPS) is 11.0. The summed E-state index contributed by atoms with van der Waals surface area (Å²) in [5, 5.41) is 11.4. The summed E-state index contributed by atoms with van der Waals surface area (Å²) in [6.45, 7) is 3.71. The van der Waals surface area contributed by atoms with Gasteiger partial charge in [-0.05, 0) is 36.8 Å². The first-order valence-electron chi connectivity index (χ1n) is 7.23. The average Bonchev–Trinajstić information content (AvgIpc) is 2.53. The molecule has 0 unspecified atom stereocenters. The molecule has 0 bridgehead atoms. The van der Waals surface area contributed by atoms with Gasteiger partial charge in [0.15, 0.2) is 0 Å². The van der Waals surface area contributed by atoms with Crippen LogP contribution in [0.15, 0.2) is 42.5 Å². The number of nitriles is 1. The Morgan fingerprint density at radius 3 is 2.41 bits per heavy atom. The lowest BCUT2D eigenvalue weighted by Gasteiger charge is -2.31. The Hall–Kier alpha value is -2.54. The monoisotopic (exact) mass is 295 g/mol. The van der Waals surface area contributed by atoms with Crippen molar-refractivity contribution in [3.05, 3.63) is 42.5 Å². The molecule has 2 aromatic rings. The Balaban J connectivity index is 2.15. The van der Waals surface area contributed by atoms with Gasteiger partial charge in [-0.3, -0.25) is 4.79 Å². The standard InChI is InChI=1S/C18H21N3O/c1-18(2,13-19)21(4)17(22)12-20(3)16-10-9-14-7-5-6-8-15(14)11-16/h5-11H,12H2,1-4H3. The molecule has 0 saturated heterocycles. The van der Waals surface area contributed by atoms with Crippen LogP contribution in [0.1, 0.15) is 13.8 Å². The molecule has 114 valence electrons. The van der Waals surface area contributed by atoms with E-state index in [4.69, 9.17) is 5.26 Å². The van der Waals surface area contributed by atoms with Crippen molar-refractivity contribution in [3.63, 3.8) is 0 Å². The van der Waals surface area contributed by atoms with E-state index < -0.39 is 5.54 Å². The number of benzene rings is 2. The molecule has 0 aliphatic carbocycles. The van der Waals surface area contributed by atoms with E-state index in [1.165, 1.54) is 10.3 Å². The highest BCUT2D eigenvalue weighted by molar-refractivity contribution is 5.87. The number of likely N-dealkylation sites (N-methyl/N-ethyl adjacent to an activating group) is 2. The Bertz CT molecular complexity index is 730. The van der Waals surface area contributed by atoms with Crippen molar-refractivity contribution in [1.29, 1.82) is 5.26 Å². The molecule has 2 aromatic carbocycles. The second-order valence-corrected chi connectivity index (χ2v) is 6.01. The van der Waals surface area contributed by atoms with Gasteiger partial charge in [0.2, 0.25) is 5.91 Å². The minimum atomic E-state index is -0.804. The van der Waals surface area contributed by atoms with Gasteiger partial charge in [0.25, 0.3) is 0 Å². The lowest BCUT2D eigenvalue weighted by atomic mass is 10.1. The molecule has 4 heteroatoms. The summed E-state index contributed by atoms with van der Waals surface area (Å²) in [6.07, 6.45) is 0. The predicted molar refractivity (Wildman–Crippen MR) is 89.7 cm³/mol. The molecular formula is C18H21N3O. The molecule has 0 N–H and O–H groups in total. The highest BCUT2D eigenvalue weighted by atomic mass is 16.2. The predicted octanol–water partition coefficient (Wildman–Crippen LogP) is 3.04. The zero-order valence-electron chi connectivity index (χ0n) is 13.5. The number of nitrogens with zero attached hydrogens (tertiary/aromatic N) is 3. The summed E-state index contributed by atoms with van der Waals surface area (Å²) in [5.41, 5.74) is 0.177. The van der Waals surface area contributed by atoms with Gasteiger partial charge in [0.05, 0.1) is 12.6 Å². The van der Waals surface area contributed by atoms with Crippen molar-refractivity contribution in [2.45, 2.75) is 19.4 Å². The van der Waals surface area contributed by atoms with E-state index in [9.17, 15) is 4.79 Å². The van der Waals surface area contributed by atoms with E-state index in [-0.39, 0.29) is 12.5 Å². The summed E-state index contributed by atoms with van der Waals surface area (Å²) in [6, 6.07) is 16.4. The van der Waals surface area contributed by atoms with Crippen LogP contribution in [0.2, 0.25) is 0 Å².